The fraction of sp³-hybridized carbons (Fsp3) is 0.625. The third kappa shape index (κ3) is 2.05. The first-order chi connectivity index (χ1) is 5.24. The fourth-order valence-corrected chi connectivity index (χ4v) is 1.21. The number of nitrogens with zero attached hydrogens (tertiary/aromatic N) is 1. The van der Waals surface area contributed by atoms with Crippen LogP contribution >= 0.6 is 0 Å². The van der Waals surface area contributed by atoms with Crippen molar-refractivity contribution in [3.8, 4) is 0 Å². The number of likely N-dealkylation sites (tertiary alicyclic amines) is 1. The van der Waals surface area contributed by atoms with Crippen LogP contribution in [0.2, 0.25) is 0 Å². The average molecular weight is 155 g/mol. The Morgan fingerprint density at radius 2 is 2.55 bits per heavy atom. The maximum atomic E-state index is 10.7. The van der Waals surface area contributed by atoms with E-state index in [0.717, 1.165) is 19.4 Å². The normalized spacial score (nSPS) is 25.0. The third-order valence-electron chi connectivity index (χ3n) is 1.87. The SMILES string of the molecule is C=CC(=O)O[C@H]1CCCN1C. The molecular weight excluding hydrogens is 142 g/mol. The molecule has 62 valence electrons. The van der Waals surface area contributed by atoms with Crippen molar-refractivity contribution in [3.63, 3.8) is 0 Å². The van der Waals surface area contributed by atoms with Gasteiger partial charge in [-0.1, -0.05) is 6.58 Å². The number of rotatable bonds is 2. The van der Waals surface area contributed by atoms with Crippen molar-refractivity contribution >= 4 is 5.97 Å². The van der Waals surface area contributed by atoms with Gasteiger partial charge in [0.05, 0.1) is 0 Å². The molecule has 0 aliphatic carbocycles. The number of carbonyl (C=O) groups is 1. The molecule has 1 aliphatic heterocycles. The molecule has 11 heavy (non-hydrogen) atoms. The zero-order chi connectivity index (χ0) is 8.27. The lowest BCUT2D eigenvalue weighted by Crippen LogP contribution is -2.29. The summed E-state index contributed by atoms with van der Waals surface area (Å²) < 4.78 is 5.04. The molecule has 1 fully saturated rings. The van der Waals surface area contributed by atoms with Crippen molar-refractivity contribution in [1.82, 2.24) is 4.90 Å². The van der Waals surface area contributed by atoms with Gasteiger partial charge in [0.15, 0.2) is 6.23 Å². The Hall–Kier alpha value is -0.830. The van der Waals surface area contributed by atoms with Crippen LogP contribution in [-0.2, 0) is 9.53 Å². The van der Waals surface area contributed by atoms with E-state index in [1.807, 2.05) is 11.9 Å². The van der Waals surface area contributed by atoms with Crippen molar-refractivity contribution in [2.75, 3.05) is 13.6 Å². The van der Waals surface area contributed by atoms with Gasteiger partial charge in [0.25, 0.3) is 0 Å². The standard InChI is InChI=1S/C8H13NO2/c1-3-8(10)11-7-5-4-6-9(7)2/h3,7H,1,4-6H2,2H3/t7-/m0/s1. The molecule has 0 N–H and O–H groups in total. The van der Waals surface area contributed by atoms with Crippen LogP contribution in [-0.4, -0.2) is 30.7 Å². The maximum absolute atomic E-state index is 10.7. The van der Waals surface area contributed by atoms with Crippen molar-refractivity contribution in [3.05, 3.63) is 12.7 Å². The number of hydrogen-bond acceptors (Lipinski definition) is 3. The Bertz CT molecular complexity index is 167. The minimum atomic E-state index is -0.330. The smallest absolute Gasteiger partial charge is 0.331 e. The summed E-state index contributed by atoms with van der Waals surface area (Å²) in [7, 11) is 1.95. The Morgan fingerprint density at radius 1 is 1.82 bits per heavy atom. The first-order valence-corrected chi connectivity index (χ1v) is 3.77. The largest absolute Gasteiger partial charge is 0.443 e. The molecule has 0 bridgehead atoms. The van der Waals surface area contributed by atoms with Crippen molar-refractivity contribution in [2.45, 2.75) is 19.1 Å². The summed E-state index contributed by atoms with van der Waals surface area (Å²) in [5.41, 5.74) is 0. The van der Waals surface area contributed by atoms with Crippen LogP contribution in [0.15, 0.2) is 12.7 Å². The molecule has 0 aromatic carbocycles. The molecule has 1 rings (SSSR count). The molecule has 0 spiro atoms. The van der Waals surface area contributed by atoms with E-state index in [9.17, 15) is 4.79 Å². The minimum Gasteiger partial charge on any atom is -0.443 e. The Morgan fingerprint density at radius 3 is 3.00 bits per heavy atom. The molecule has 1 aliphatic rings. The number of esters is 1. The van der Waals surface area contributed by atoms with Crippen molar-refractivity contribution in [2.24, 2.45) is 0 Å². The van der Waals surface area contributed by atoms with Gasteiger partial charge in [-0.2, -0.15) is 0 Å². The van der Waals surface area contributed by atoms with Crippen LogP contribution in [0.5, 0.6) is 0 Å². The summed E-state index contributed by atoms with van der Waals surface area (Å²) in [5.74, 6) is -0.330. The zero-order valence-corrected chi connectivity index (χ0v) is 6.75. The summed E-state index contributed by atoms with van der Waals surface area (Å²) in [6.07, 6.45) is 3.22. The molecule has 0 aromatic heterocycles. The van der Waals surface area contributed by atoms with Crippen LogP contribution in [0.25, 0.3) is 0 Å². The van der Waals surface area contributed by atoms with E-state index in [1.54, 1.807) is 0 Å². The Labute approximate surface area is 66.6 Å². The highest BCUT2D eigenvalue weighted by Gasteiger charge is 2.23. The van der Waals surface area contributed by atoms with E-state index in [1.165, 1.54) is 6.08 Å². The van der Waals surface area contributed by atoms with E-state index in [-0.39, 0.29) is 12.2 Å². The molecule has 3 heteroatoms. The van der Waals surface area contributed by atoms with Crippen LogP contribution in [0.1, 0.15) is 12.8 Å². The third-order valence-corrected chi connectivity index (χ3v) is 1.87. The molecular formula is C8H13NO2. The van der Waals surface area contributed by atoms with Gasteiger partial charge in [0.2, 0.25) is 0 Å². The van der Waals surface area contributed by atoms with Gasteiger partial charge in [-0.3, -0.25) is 4.90 Å². The van der Waals surface area contributed by atoms with Gasteiger partial charge in [0.1, 0.15) is 0 Å². The van der Waals surface area contributed by atoms with E-state index in [0.29, 0.717) is 0 Å². The van der Waals surface area contributed by atoms with Gasteiger partial charge in [-0.15, -0.1) is 0 Å². The first-order valence-electron chi connectivity index (χ1n) is 3.77. The number of ether oxygens (including phenoxy) is 1. The summed E-state index contributed by atoms with van der Waals surface area (Å²) >= 11 is 0. The quantitative estimate of drug-likeness (QED) is 0.435. The molecule has 0 amide bonds. The summed E-state index contributed by atoms with van der Waals surface area (Å²) in [5, 5.41) is 0. The van der Waals surface area contributed by atoms with Gasteiger partial charge in [0, 0.05) is 12.6 Å². The van der Waals surface area contributed by atoms with E-state index >= 15 is 0 Å². The number of carbonyl (C=O) groups excluding carboxylic acids is 1. The van der Waals surface area contributed by atoms with Crippen molar-refractivity contribution < 1.29 is 9.53 Å². The van der Waals surface area contributed by atoms with Crippen molar-refractivity contribution in [1.29, 1.82) is 0 Å². The highest BCUT2D eigenvalue weighted by Crippen LogP contribution is 2.15. The van der Waals surface area contributed by atoms with E-state index in [4.69, 9.17) is 4.74 Å². The summed E-state index contributed by atoms with van der Waals surface area (Å²) in [4.78, 5) is 12.8. The van der Waals surface area contributed by atoms with Crippen LogP contribution in [0.3, 0.4) is 0 Å². The molecule has 3 nitrogen and oxygen atoms in total. The lowest BCUT2D eigenvalue weighted by Gasteiger charge is -2.18. The highest BCUT2D eigenvalue weighted by molar-refractivity contribution is 5.81. The maximum Gasteiger partial charge on any atom is 0.331 e. The Balaban J connectivity index is 2.36. The molecule has 1 saturated heterocycles. The lowest BCUT2D eigenvalue weighted by molar-refractivity contribution is -0.149. The summed E-state index contributed by atoms with van der Waals surface area (Å²) in [6.45, 7) is 4.34. The zero-order valence-electron chi connectivity index (χ0n) is 6.75. The van der Waals surface area contributed by atoms with Crippen LogP contribution in [0, 0.1) is 0 Å². The van der Waals surface area contributed by atoms with Crippen LogP contribution < -0.4 is 0 Å². The van der Waals surface area contributed by atoms with E-state index < -0.39 is 0 Å². The summed E-state index contributed by atoms with van der Waals surface area (Å²) in [6, 6.07) is 0. The monoisotopic (exact) mass is 155 g/mol. The highest BCUT2D eigenvalue weighted by atomic mass is 16.6. The molecule has 0 radical (unpaired) electrons. The predicted octanol–water partition coefficient (Wildman–Crippen LogP) is 0.767. The topological polar surface area (TPSA) is 29.5 Å². The fourth-order valence-electron chi connectivity index (χ4n) is 1.21. The Kier molecular flexibility index (Phi) is 2.65. The van der Waals surface area contributed by atoms with E-state index in [2.05, 4.69) is 6.58 Å². The van der Waals surface area contributed by atoms with Gasteiger partial charge < -0.3 is 4.74 Å². The molecule has 0 aromatic rings. The van der Waals surface area contributed by atoms with Crippen LogP contribution in [0.4, 0.5) is 0 Å². The second kappa shape index (κ2) is 3.53. The lowest BCUT2D eigenvalue weighted by atomic mass is 10.4. The van der Waals surface area contributed by atoms with Gasteiger partial charge in [-0.25, -0.2) is 4.79 Å². The predicted molar refractivity (Wildman–Crippen MR) is 41.9 cm³/mol. The minimum absolute atomic E-state index is 0.0273. The first kappa shape index (κ1) is 8.27. The van der Waals surface area contributed by atoms with Gasteiger partial charge in [-0.05, 0) is 19.9 Å². The van der Waals surface area contributed by atoms with Gasteiger partial charge >= 0.3 is 5.97 Å². The molecule has 1 heterocycles. The average Bonchev–Trinajstić information content (AvgIpc) is 2.37. The molecule has 0 saturated carbocycles. The molecule has 1 atom stereocenters. The second-order valence-electron chi connectivity index (χ2n) is 2.72. The second-order valence-corrected chi connectivity index (χ2v) is 2.72. The number of hydrogen-bond donors (Lipinski definition) is 0. The molecule has 0 unspecified atom stereocenters.